The van der Waals surface area contributed by atoms with Crippen LogP contribution in [0.2, 0.25) is 0 Å². The summed E-state index contributed by atoms with van der Waals surface area (Å²) in [4.78, 5) is 12.4. The second kappa shape index (κ2) is 6.43. The van der Waals surface area contributed by atoms with Crippen molar-refractivity contribution < 1.29 is 9.18 Å². The third-order valence-corrected chi connectivity index (χ3v) is 4.27. The van der Waals surface area contributed by atoms with Gasteiger partial charge in [0.1, 0.15) is 5.82 Å². The van der Waals surface area contributed by atoms with Crippen LogP contribution in [0.1, 0.15) is 37.0 Å². The highest BCUT2D eigenvalue weighted by molar-refractivity contribution is 9.10. The van der Waals surface area contributed by atoms with Gasteiger partial charge < -0.3 is 11.1 Å². The van der Waals surface area contributed by atoms with E-state index in [1.165, 1.54) is 12.1 Å². The van der Waals surface area contributed by atoms with Crippen LogP contribution in [0.25, 0.3) is 0 Å². The average molecular weight is 347 g/mol. The van der Waals surface area contributed by atoms with E-state index in [-0.39, 0.29) is 10.6 Å². The molecule has 0 aliphatic heterocycles. The molecule has 6 heteroatoms. The lowest BCUT2D eigenvalue weighted by molar-refractivity contribution is 0.0915. The summed E-state index contributed by atoms with van der Waals surface area (Å²) in [5, 5.41) is 2.75. The second-order valence-corrected chi connectivity index (χ2v) is 5.50. The van der Waals surface area contributed by atoms with Crippen molar-refractivity contribution in [2.45, 2.75) is 32.2 Å². The largest absolute Gasteiger partial charge is 0.391 e. The molecule has 0 fully saturated rings. The molecule has 0 aromatic heterocycles. The average Bonchev–Trinajstić information content (AvgIpc) is 2.35. The number of rotatable bonds is 5. The van der Waals surface area contributed by atoms with E-state index < -0.39 is 17.3 Å². The third kappa shape index (κ3) is 3.30. The summed E-state index contributed by atoms with van der Waals surface area (Å²) in [5.41, 5.74) is 4.89. The van der Waals surface area contributed by atoms with Crippen molar-refractivity contribution in [3.63, 3.8) is 0 Å². The molecule has 0 aliphatic carbocycles. The van der Waals surface area contributed by atoms with Crippen molar-refractivity contribution in [1.82, 2.24) is 5.32 Å². The molecule has 1 rings (SSSR count). The Labute approximate surface area is 125 Å². The molecule has 0 saturated heterocycles. The van der Waals surface area contributed by atoms with Gasteiger partial charge in [0.05, 0.1) is 16.1 Å². The minimum atomic E-state index is -0.784. The highest BCUT2D eigenvalue weighted by Crippen LogP contribution is 2.22. The monoisotopic (exact) mass is 346 g/mol. The van der Waals surface area contributed by atoms with Crippen LogP contribution in [0.4, 0.5) is 4.39 Å². The third-order valence-electron chi connectivity index (χ3n) is 3.22. The first-order valence-electron chi connectivity index (χ1n) is 5.94. The second-order valence-electron chi connectivity index (χ2n) is 4.20. The summed E-state index contributed by atoms with van der Waals surface area (Å²) in [6, 6.07) is 4.37. The van der Waals surface area contributed by atoms with Crippen LogP contribution in [-0.2, 0) is 0 Å². The number of halogens is 2. The lowest BCUT2D eigenvalue weighted by Crippen LogP contribution is -2.56. The van der Waals surface area contributed by atoms with Crippen LogP contribution in [-0.4, -0.2) is 16.4 Å². The zero-order chi connectivity index (χ0) is 14.6. The Balaban J connectivity index is 3.11. The van der Waals surface area contributed by atoms with Crippen LogP contribution in [0.3, 0.4) is 0 Å². The zero-order valence-corrected chi connectivity index (χ0v) is 13.2. The summed E-state index contributed by atoms with van der Waals surface area (Å²) in [5.74, 6) is -1.11. The standard InChI is InChI=1S/C13H16BrFN2OS/c1-3-13(4-2,12(16)19)17-11(18)10-8(14)6-5-7-9(10)15/h5-7H,3-4H2,1-2H3,(H2,16,19)(H,17,18). The highest BCUT2D eigenvalue weighted by Gasteiger charge is 2.32. The van der Waals surface area contributed by atoms with Crippen LogP contribution in [0.5, 0.6) is 0 Å². The maximum Gasteiger partial charge on any atom is 0.256 e. The van der Waals surface area contributed by atoms with E-state index in [1.54, 1.807) is 6.07 Å². The Bertz CT molecular complexity index is 483. The first-order chi connectivity index (χ1) is 8.88. The molecule has 0 radical (unpaired) electrons. The van der Waals surface area contributed by atoms with Crippen molar-refractivity contribution in [2.75, 3.05) is 0 Å². The van der Waals surface area contributed by atoms with Gasteiger partial charge in [0.2, 0.25) is 0 Å². The molecule has 0 bridgehead atoms. The van der Waals surface area contributed by atoms with Gasteiger partial charge in [-0.25, -0.2) is 4.39 Å². The number of hydrogen-bond donors (Lipinski definition) is 2. The van der Waals surface area contributed by atoms with Crippen molar-refractivity contribution in [1.29, 1.82) is 0 Å². The number of thiocarbonyl (C=S) groups is 1. The molecule has 1 aromatic carbocycles. The van der Waals surface area contributed by atoms with E-state index in [1.807, 2.05) is 13.8 Å². The summed E-state index contributed by atoms with van der Waals surface area (Å²) in [7, 11) is 0. The molecular formula is C13H16BrFN2OS. The smallest absolute Gasteiger partial charge is 0.256 e. The molecule has 19 heavy (non-hydrogen) atoms. The van der Waals surface area contributed by atoms with Crippen LogP contribution >= 0.6 is 28.1 Å². The lowest BCUT2D eigenvalue weighted by atomic mass is 9.92. The lowest BCUT2D eigenvalue weighted by Gasteiger charge is -2.31. The van der Waals surface area contributed by atoms with Crippen molar-refractivity contribution >= 4 is 39.0 Å². The van der Waals surface area contributed by atoms with Crippen LogP contribution in [0.15, 0.2) is 22.7 Å². The Kier molecular flexibility index (Phi) is 5.43. The molecule has 3 nitrogen and oxygen atoms in total. The fourth-order valence-corrected chi connectivity index (χ4v) is 2.69. The molecule has 1 amide bonds. The van der Waals surface area contributed by atoms with E-state index >= 15 is 0 Å². The SMILES string of the molecule is CCC(CC)(NC(=O)c1c(F)cccc1Br)C(N)=S. The number of benzene rings is 1. The number of carbonyl (C=O) groups is 1. The molecule has 1 aromatic rings. The Morgan fingerprint density at radius 3 is 2.47 bits per heavy atom. The minimum Gasteiger partial charge on any atom is -0.391 e. The number of carbonyl (C=O) groups excluding carboxylic acids is 1. The molecule has 0 unspecified atom stereocenters. The van der Waals surface area contributed by atoms with Gasteiger partial charge in [0.15, 0.2) is 0 Å². The highest BCUT2D eigenvalue weighted by atomic mass is 79.9. The number of hydrogen-bond acceptors (Lipinski definition) is 2. The predicted octanol–water partition coefficient (Wildman–Crippen LogP) is 3.16. The van der Waals surface area contributed by atoms with E-state index in [9.17, 15) is 9.18 Å². The summed E-state index contributed by atoms with van der Waals surface area (Å²) >= 11 is 8.19. The van der Waals surface area contributed by atoms with Gasteiger partial charge in [-0.15, -0.1) is 0 Å². The maximum absolute atomic E-state index is 13.7. The molecule has 104 valence electrons. The number of nitrogens with one attached hydrogen (secondary N) is 1. The van der Waals surface area contributed by atoms with Crippen molar-refractivity contribution in [3.8, 4) is 0 Å². The zero-order valence-electron chi connectivity index (χ0n) is 10.8. The van der Waals surface area contributed by atoms with E-state index in [0.29, 0.717) is 17.3 Å². The number of nitrogens with two attached hydrogens (primary N) is 1. The fraction of sp³-hybridized carbons (Fsp3) is 0.385. The Hall–Kier alpha value is -1.01. The molecule has 0 spiro atoms. The topological polar surface area (TPSA) is 55.1 Å². The first kappa shape index (κ1) is 16.0. The number of amides is 1. The summed E-state index contributed by atoms with van der Waals surface area (Å²) in [6.45, 7) is 3.75. The van der Waals surface area contributed by atoms with Gasteiger partial charge in [-0.1, -0.05) is 32.1 Å². The maximum atomic E-state index is 13.7. The molecule has 0 saturated carbocycles. The fourth-order valence-electron chi connectivity index (χ4n) is 1.83. The molecule has 0 heterocycles. The normalized spacial score (nSPS) is 11.2. The molecule has 0 atom stereocenters. The molecule has 3 N–H and O–H groups in total. The van der Waals surface area contributed by atoms with Gasteiger partial charge in [0.25, 0.3) is 5.91 Å². The summed E-state index contributed by atoms with van der Waals surface area (Å²) in [6.07, 6.45) is 1.10. The van der Waals surface area contributed by atoms with Crippen molar-refractivity contribution in [2.24, 2.45) is 5.73 Å². The molecule has 0 aliphatic rings. The van der Waals surface area contributed by atoms with Crippen molar-refractivity contribution in [3.05, 3.63) is 34.1 Å². The minimum absolute atomic E-state index is 0.0370. The predicted molar refractivity (Wildman–Crippen MR) is 81.7 cm³/mol. The Morgan fingerprint density at radius 2 is 2.05 bits per heavy atom. The summed E-state index contributed by atoms with van der Waals surface area (Å²) < 4.78 is 14.1. The molecular weight excluding hydrogens is 331 g/mol. The van der Waals surface area contributed by atoms with Gasteiger partial charge >= 0.3 is 0 Å². The van der Waals surface area contributed by atoms with Gasteiger partial charge in [-0.3, -0.25) is 4.79 Å². The van der Waals surface area contributed by atoms with Crippen LogP contribution < -0.4 is 11.1 Å². The van der Waals surface area contributed by atoms with Gasteiger partial charge in [-0.2, -0.15) is 0 Å². The van der Waals surface area contributed by atoms with Gasteiger partial charge in [-0.05, 0) is 40.9 Å². The Morgan fingerprint density at radius 1 is 1.47 bits per heavy atom. The van der Waals surface area contributed by atoms with E-state index in [4.69, 9.17) is 18.0 Å². The quantitative estimate of drug-likeness (QED) is 0.805. The van der Waals surface area contributed by atoms with Crippen LogP contribution in [0, 0.1) is 5.82 Å². The van der Waals surface area contributed by atoms with E-state index in [2.05, 4.69) is 21.2 Å². The van der Waals surface area contributed by atoms with Gasteiger partial charge in [0, 0.05) is 4.47 Å². The first-order valence-corrected chi connectivity index (χ1v) is 7.14. The van der Waals surface area contributed by atoms with E-state index in [0.717, 1.165) is 0 Å².